The molecule has 0 spiro atoms. The zero-order valence-corrected chi connectivity index (χ0v) is 73.1. The third kappa shape index (κ3) is 12.7. The zero-order valence-electron chi connectivity index (χ0n) is 73.1. The monoisotopic (exact) mass is 1610 g/mol. The van der Waals surface area contributed by atoms with Crippen molar-refractivity contribution in [2.24, 2.45) is 0 Å². The van der Waals surface area contributed by atoms with Crippen molar-refractivity contribution in [1.29, 1.82) is 0 Å². The molecule has 0 radical (unpaired) electrons. The van der Waals surface area contributed by atoms with Crippen LogP contribution in [0.4, 0.5) is 51.2 Å². The molecule has 0 bridgehead atoms. The van der Waals surface area contributed by atoms with Crippen molar-refractivity contribution in [3.05, 3.63) is 404 Å². The van der Waals surface area contributed by atoms with Crippen molar-refractivity contribution in [3.8, 4) is 61.6 Å². The fourth-order valence-corrected chi connectivity index (χ4v) is 20.2. The molecule has 0 saturated carbocycles. The average Bonchev–Trinajstić information content (AvgIpc) is 1.27. The molecule has 125 heavy (non-hydrogen) atoms. The van der Waals surface area contributed by atoms with E-state index in [-0.39, 0.29) is 28.4 Å². The van der Waals surface area contributed by atoms with Gasteiger partial charge in [-0.15, -0.1) is 0 Å². The molecule has 0 aliphatic carbocycles. The third-order valence-corrected chi connectivity index (χ3v) is 26.6. The first kappa shape index (κ1) is 76.7. The van der Waals surface area contributed by atoms with E-state index in [1.165, 1.54) is 71.0 Å². The van der Waals surface area contributed by atoms with E-state index in [0.717, 1.165) is 146 Å². The van der Waals surface area contributed by atoms with Gasteiger partial charge in [-0.2, -0.15) is 0 Å². The van der Waals surface area contributed by atoms with E-state index >= 15 is 0 Å². The van der Waals surface area contributed by atoms with E-state index < -0.39 is 0 Å². The van der Waals surface area contributed by atoms with Crippen LogP contribution in [0.3, 0.4) is 0 Å². The summed E-state index contributed by atoms with van der Waals surface area (Å²) in [6, 6.07) is 146. The Morgan fingerprint density at radius 2 is 0.504 bits per heavy atom. The Hall–Kier alpha value is -14.4. The lowest BCUT2D eigenvalue weighted by molar-refractivity contribution is 0.590. The highest BCUT2D eigenvalue weighted by Gasteiger charge is 2.47. The van der Waals surface area contributed by atoms with Gasteiger partial charge in [0, 0.05) is 106 Å². The molecule has 5 heterocycles. The van der Waals surface area contributed by atoms with E-state index in [9.17, 15) is 0 Å². The minimum Gasteiger partial charge on any atom is -0.310 e. The van der Waals surface area contributed by atoms with Crippen molar-refractivity contribution in [2.45, 2.75) is 105 Å². The molecule has 2 aliphatic heterocycles. The highest BCUT2D eigenvalue weighted by molar-refractivity contribution is 7.00. The number of para-hydroxylation sites is 5. The van der Waals surface area contributed by atoms with Crippen molar-refractivity contribution < 1.29 is 0 Å². The minimum atomic E-state index is -0.353. The second kappa shape index (κ2) is 29.1. The highest BCUT2D eigenvalue weighted by Crippen LogP contribution is 2.57. The first-order valence-corrected chi connectivity index (χ1v) is 44.2. The Labute approximate surface area is 733 Å². The van der Waals surface area contributed by atoms with E-state index in [0.29, 0.717) is 0 Å². The average molecular weight is 1610 g/mol. The van der Waals surface area contributed by atoms with Crippen LogP contribution in [0.15, 0.2) is 382 Å². The van der Waals surface area contributed by atoms with Crippen LogP contribution in [0, 0.1) is 0 Å². The normalized spacial score (nSPS) is 12.9. The van der Waals surface area contributed by atoms with Gasteiger partial charge in [0.1, 0.15) is 0 Å². The zero-order chi connectivity index (χ0) is 85.1. The van der Waals surface area contributed by atoms with Crippen molar-refractivity contribution in [1.82, 2.24) is 13.7 Å². The van der Waals surface area contributed by atoms with Gasteiger partial charge in [0.05, 0.1) is 50.2 Å². The van der Waals surface area contributed by atoms with Gasteiger partial charge in [0.2, 0.25) is 0 Å². The maximum Gasteiger partial charge on any atom is 0.252 e. The molecule has 0 amide bonds. The van der Waals surface area contributed by atoms with Crippen LogP contribution >= 0.6 is 0 Å². The Bertz CT molecular complexity index is 7360. The SMILES string of the molecule is CC(C)(C)c1cc(-c2ccccc2)c(N2c3cc(-n4c5ccccc5c5ccccc54)ccc3B3c4ccc(-n5c6ccc(C(C)(C)C)cc6c6cc(C(C)(C)C)ccc65)cc4N(c4c(-c5ccccc5)cc(C(C)(C)C)cc4-c4ccccc4)c4cc(N(c5ccccc5)c5ccc(-n6c7ccccc7c7ccccc76)cc5)cc2c43)c(-c2ccccc2)c1. The first-order chi connectivity index (χ1) is 60.6. The van der Waals surface area contributed by atoms with Gasteiger partial charge in [0.25, 0.3) is 6.71 Å². The third-order valence-electron chi connectivity index (χ3n) is 26.6. The predicted molar refractivity (Wildman–Crippen MR) is 535 cm³/mol. The summed E-state index contributed by atoms with van der Waals surface area (Å²) in [5.41, 5.74) is 36.7. The Kier molecular flexibility index (Phi) is 17.9. The molecule has 0 unspecified atom stereocenters. The van der Waals surface area contributed by atoms with Crippen LogP contribution in [0.25, 0.3) is 127 Å². The van der Waals surface area contributed by atoms with Gasteiger partial charge in [-0.1, -0.05) is 320 Å². The Morgan fingerprint density at radius 1 is 0.216 bits per heavy atom. The van der Waals surface area contributed by atoms with Crippen LogP contribution in [0.1, 0.15) is 105 Å². The lowest BCUT2D eigenvalue weighted by atomic mass is 9.33. The smallest absolute Gasteiger partial charge is 0.252 e. The van der Waals surface area contributed by atoms with Crippen LogP contribution in [0.5, 0.6) is 0 Å². The molecule has 0 saturated heterocycles. The quantitative estimate of drug-likeness (QED) is 0.114. The molecule has 3 aromatic heterocycles. The standard InChI is InChI=1S/C118H99BN6/c1-115(2,3)80-54-64-106-98(66-80)99-67-81(116(4,5)6)55-65-107(99)123(106)88-61-63-101-109(73-88)125(114-96(78-40-22-15-23-41-78)70-83(118(10,11)12)71-97(114)79-42-24-16-25-43-79)111-75-89(120(84-44-26-17-27-45-84)85-56-58-86(59-57-85)121-102-50-32-28-46-90(102)91-47-29-33-51-103(91)121)74-110-112(111)119(101)100-62-60-87(122-104-52-34-30-48-92(104)93-49-31-35-53-105(93)122)72-108(100)124(110)113-94(76-36-18-13-19-37-76)68-82(117(7,8)9)69-95(113)77-38-20-14-21-39-77/h13-75H,1-12H3. The van der Waals surface area contributed by atoms with Gasteiger partial charge in [-0.05, 0) is 228 Å². The molecule has 17 aromatic carbocycles. The predicted octanol–water partition coefficient (Wildman–Crippen LogP) is 30.4. The van der Waals surface area contributed by atoms with Crippen molar-refractivity contribution >= 4 is 140 Å². The summed E-state index contributed by atoms with van der Waals surface area (Å²) < 4.78 is 7.52. The molecule has 22 rings (SSSR count). The highest BCUT2D eigenvalue weighted by atomic mass is 15.2. The largest absolute Gasteiger partial charge is 0.310 e. The minimum absolute atomic E-state index is 0.0949. The number of hydrogen-bond donors (Lipinski definition) is 0. The molecule has 2 aliphatic rings. The molecule has 20 aromatic rings. The van der Waals surface area contributed by atoms with Gasteiger partial charge < -0.3 is 28.4 Å². The molecule has 604 valence electrons. The first-order valence-electron chi connectivity index (χ1n) is 44.2. The summed E-state index contributed by atoms with van der Waals surface area (Å²) in [7, 11) is 0. The van der Waals surface area contributed by atoms with E-state index in [2.05, 4.69) is 494 Å². The molecular weight excluding hydrogens is 1510 g/mol. The van der Waals surface area contributed by atoms with Gasteiger partial charge >= 0.3 is 0 Å². The number of aromatic nitrogens is 3. The fourth-order valence-electron chi connectivity index (χ4n) is 20.2. The molecule has 0 atom stereocenters. The van der Waals surface area contributed by atoms with E-state index in [1.807, 2.05) is 0 Å². The Morgan fingerprint density at radius 3 is 0.840 bits per heavy atom. The van der Waals surface area contributed by atoms with Gasteiger partial charge in [-0.3, -0.25) is 0 Å². The molecule has 0 fully saturated rings. The molecule has 0 N–H and O–H groups in total. The lowest BCUT2D eigenvalue weighted by Gasteiger charge is -2.46. The van der Waals surface area contributed by atoms with Crippen LogP contribution in [-0.4, -0.2) is 20.4 Å². The van der Waals surface area contributed by atoms with Gasteiger partial charge in [0.15, 0.2) is 0 Å². The summed E-state index contributed by atoms with van der Waals surface area (Å²) in [6.07, 6.45) is 0. The maximum absolute atomic E-state index is 2.75. The van der Waals surface area contributed by atoms with Gasteiger partial charge in [-0.25, -0.2) is 0 Å². The fraction of sp³-hybridized carbons (Fsp3) is 0.136. The molecule has 6 nitrogen and oxygen atoms in total. The second-order valence-electron chi connectivity index (χ2n) is 38.5. The summed E-state index contributed by atoms with van der Waals surface area (Å²) in [5.74, 6) is 0. The number of benzene rings is 17. The lowest BCUT2D eigenvalue weighted by Crippen LogP contribution is -2.61. The molecular formula is C118H99BN6. The van der Waals surface area contributed by atoms with E-state index in [1.54, 1.807) is 0 Å². The van der Waals surface area contributed by atoms with E-state index in [4.69, 9.17) is 0 Å². The second-order valence-corrected chi connectivity index (χ2v) is 38.5. The Balaban J connectivity index is 0.933. The van der Waals surface area contributed by atoms with Crippen LogP contribution in [-0.2, 0) is 21.7 Å². The number of anilines is 9. The summed E-state index contributed by atoms with van der Waals surface area (Å²) in [6.45, 7) is 27.9. The van der Waals surface area contributed by atoms with Crippen molar-refractivity contribution in [2.75, 3.05) is 14.7 Å². The number of fused-ring (bicyclic) bond motifs is 13. The topological polar surface area (TPSA) is 24.5 Å². The van der Waals surface area contributed by atoms with Crippen LogP contribution in [0.2, 0.25) is 0 Å². The summed E-state index contributed by atoms with van der Waals surface area (Å²) in [4.78, 5) is 8.02. The summed E-state index contributed by atoms with van der Waals surface area (Å²) in [5, 5.41) is 7.36. The van der Waals surface area contributed by atoms with Crippen LogP contribution < -0.4 is 31.1 Å². The summed E-state index contributed by atoms with van der Waals surface area (Å²) >= 11 is 0. The number of hydrogen-bond acceptors (Lipinski definition) is 3. The number of nitrogens with zero attached hydrogens (tertiary/aromatic N) is 6. The number of rotatable bonds is 12. The maximum atomic E-state index is 2.75. The molecule has 7 heteroatoms. The van der Waals surface area contributed by atoms with Crippen molar-refractivity contribution in [3.63, 3.8) is 0 Å².